The van der Waals surface area contributed by atoms with Gasteiger partial charge in [-0.05, 0) is 6.07 Å². The Kier molecular flexibility index (Phi) is 5.72. The molecule has 7 aromatic rings. The summed E-state index contributed by atoms with van der Waals surface area (Å²) in [7, 11) is 0. The Labute approximate surface area is 260 Å². The molecule has 11 heteroatoms. The number of aromatic carboxylic acids is 1. The van der Waals surface area contributed by atoms with Gasteiger partial charge in [0.05, 0.1) is 5.56 Å². The molecule has 2 aliphatic heterocycles. The summed E-state index contributed by atoms with van der Waals surface area (Å²) >= 11 is 0. The maximum atomic E-state index is 12.3. The zero-order valence-electron chi connectivity index (χ0n) is 22.6. The third-order valence-electron chi connectivity index (χ3n) is 7.81. The van der Waals surface area contributed by atoms with E-state index in [1.807, 2.05) is 78.9 Å². The molecule has 2 aliphatic rings. The Balaban J connectivity index is 0.00000289. The quantitative estimate of drug-likeness (QED) is 0.168. The number of carboxylic acids is 1. The van der Waals surface area contributed by atoms with Gasteiger partial charge < -0.3 is 15.1 Å². The monoisotopic (exact) mass is 660 g/mol. The van der Waals surface area contributed by atoms with Gasteiger partial charge in [-0.2, -0.15) is 0 Å². The van der Waals surface area contributed by atoms with Crippen molar-refractivity contribution in [2.45, 2.75) is 0 Å². The summed E-state index contributed by atoms with van der Waals surface area (Å²) in [6.07, 6.45) is 0. The fourth-order valence-corrected chi connectivity index (χ4v) is 5.87. The second-order valence-electron chi connectivity index (χ2n) is 10.3. The van der Waals surface area contributed by atoms with E-state index in [0.717, 1.165) is 33.0 Å². The zero-order valence-corrected chi connectivity index (χ0v) is 24.3. The van der Waals surface area contributed by atoms with Crippen molar-refractivity contribution >= 4 is 50.1 Å². The van der Waals surface area contributed by atoms with Gasteiger partial charge in [0, 0.05) is 63.3 Å². The minimum absolute atomic E-state index is 0. The van der Waals surface area contributed by atoms with E-state index in [1.165, 1.54) is 0 Å². The summed E-state index contributed by atoms with van der Waals surface area (Å²) in [5.41, 5.74) is 5.36. The van der Waals surface area contributed by atoms with Gasteiger partial charge in [0.1, 0.15) is 22.6 Å². The number of carboxylic acid groups (broad SMARTS) is 1. The van der Waals surface area contributed by atoms with Crippen LogP contribution in [0.4, 0.5) is 0 Å². The van der Waals surface area contributed by atoms with Gasteiger partial charge >= 0.3 is 5.97 Å². The summed E-state index contributed by atoms with van der Waals surface area (Å²) in [5, 5.41) is 12.9. The summed E-state index contributed by atoms with van der Waals surface area (Å²) in [5.74, 6) is 0.791. The van der Waals surface area contributed by atoms with Crippen LogP contribution in [0.25, 0.3) is 89.7 Å². The molecule has 9 rings (SSSR count). The van der Waals surface area contributed by atoms with E-state index in [9.17, 15) is 9.90 Å². The largest absolute Gasteiger partial charge is 0.478 e. The van der Waals surface area contributed by atoms with Gasteiger partial charge in [-0.25, -0.2) is 34.7 Å². The number of rotatable bonds is 1. The van der Waals surface area contributed by atoms with Crippen molar-refractivity contribution < 1.29 is 29.4 Å². The Morgan fingerprint density at radius 2 is 0.864 bits per heavy atom. The molecule has 0 unspecified atom stereocenters. The van der Waals surface area contributed by atoms with E-state index in [2.05, 4.69) is 9.97 Å². The number of aromatic nitrogens is 8. The van der Waals surface area contributed by atoms with E-state index in [0.29, 0.717) is 56.7 Å². The molecule has 4 aromatic carbocycles. The van der Waals surface area contributed by atoms with E-state index in [1.54, 1.807) is 12.1 Å². The standard InChI is InChI=1S/C33H18N8O2.Ru/c42-33(43)23-15-7-14-22-24(23)32-40-30-21-13-6-5-12-20(21)28(38-30)36-26-17-9-2-1-8-16(17)25(34-26)35-27-18-10-3-4-11-19(18)29(37-27)39-31(22)41-32;/h1-15H,(H,42,43)(H2,34,35,36,37,38,39,40,41);. The Hall–Kier alpha value is -5.67. The van der Waals surface area contributed by atoms with Gasteiger partial charge in [-0.1, -0.05) is 84.9 Å². The number of H-pyrrole nitrogens is 2. The predicted octanol–water partition coefficient (Wildman–Crippen LogP) is 6.56. The first-order valence-electron chi connectivity index (χ1n) is 13.6. The second-order valence-corrected chi connectivity index (χ2v) is 10.3. The SMILES string of the molecule is O=C(O)c1cccc2c3nc4nc(nc5[nH]c(nc6nc(nc([nH]3)c12)-c1ccccc1-6)c1ccccc51)-c1ccccc1-4.[Ru]. The molecule has 0 saturated carbocycles. The van der Waals surface area contributed by atoms with Gasteiger partial charge in [0.25, 0.3) is 0 Å². The molecule has 8 bridgehead atoms. The molecule has 3 aromatic heterocycles. The number of fused-ring (bicyclic) bond motifs is 20. The molecular formula is C33H18N8O2Ru. The molecular weight excluding hydrogens is 641 g/mol. The molecule has 0 spiro atoms. The van der Waals surface area contributed by atoms with Gasteiger partial charge in [-0.15, -0.1) is 0 Å². The molecule has 0 amide bonds. The predicted molar refractivity (Wildman–Crippen MR) is 163 cm³/mol. The van der Waals surface area contributed by atoms with Crippen LogP contribution in [0.3, 0.4) is 0 Å². The Morgan fingerprint density at radius 3 is 1.34 bits per heavy atom. The number of carbonyl (C=O) groups is 1. The Bertz CT molecular complexity index is 2510. The number of nitrogens with one attached hydrogen (secondary N) is 2. The van der Waals surface area contributed by atoms with Crippen LogP contribution in [0.2, 0.25) is 0 Å². The van der Waals surface area contributed by atoms with E-state index < -0.39 is 5.97 Å². The third kappa shape index (κ3) is 3.79. The molecule has 5 heterocycles. The average Bonchev–Trinajstić information content (AvgIpc) is 3.76. The van der Waals surface area contributed by atoms with Crippen LogP contribution in [0.15, 0.2) is 91.0 Å². The van der Waals surface area contributed by atoms with Crippen LogP contribution in [0.5, 0.6) is 0 Å². The minimum atomic E-state index is -1.07. The van der Waals surface area contributed by atoms with Gasteiger partial charge in [0.15, 0.2) is 23.3 Å². The molecule has 210 valence electrons. The number of nitrogens with zero attached hydrogens (tertiary/aromatic N) is 6. The average molecular weight is 660 g/mol. The zero-order chi connectivity index (χ0) is 28.7. The topological polar surface area (TPSA) is 146 Å². The van der Waals surface area contributed by atoms with E-state index >= 15 is 0 Å². The van der Waals surface area contributed by atoms with Crippen molar-refractivity contribution in [3.63, 3.8) is 0 Å². The number of benzene rings is 4. The maximum absolute atomic E-state index is 12.3. The van der Waals surface area contributed by atoms with Gasteiger partial charge in [0.2, 0.25) is 0 Å². The van der Waals surface area contributed by atoms with Crippen molar-refractivity contribution in [3.05, 3.63) is 96.6 Å². The number of aromatic amines is 2. The van der Waals surface area contributed by atoms with Crippen LogP contribution >= 0.6 is 0 Å². The fraction of sp³-hybridized carbons (Fsp3) is 0. The second kappa shape index (κ2) is 9.69. The molecule has 3 N–H and O–H groups in total. The van der Waals surface area contributed by atoms with Crippen molar-refractivity contribution in [1.82, 2.24) is 39.9 Å². The van der Waals surface area contributed by atoms with Crippen LogP contribution in [-0.2, 0) is 19.5 Å². The normalized spacial score (nSPS) is 11.6. The van der Waals surface area contributed by atoms with E-state index in [-0.39, 0.29) is 25.0 Å². The van der Waals surface area contributed by atoms with Crippen LogP contribution in [0.1, 0.15) is 10.4 Å². The third-order valence-corrected chi connectivity index (χ3v) is 7.81. The molecule has 44 heavy (non-hydrogen) atoms. The molecule has 0 aliphatic carbocycles. The maximum Gasteiger partial charge on any atom is 0.336 e. The van der Waals surface area contributed by atoms with Crippen molar-refractivity contribution in [2.24, 2.45) is 0 Å². The van der Waals surface area contributed by atoms with Gasteiger partial charge in [-0.3, -0.25) is 0 Å². The number of hydrogen-bond acceptors (Lipinski definition) is 7. The smallest absolute Gasteiger partial charge is 0.336 e. The summed E-state index contributed by atoms with van der Waals surface area (Å²) in [6.45, 7) is 0. The molecule has 0 saturated heterocycles. The molecule has 0 radical (unpaired) electrons. The number of hydrogen-bond donors (Lipinski definition) is 3. The molecule has 0 atom stereocenters. The first-order valence-corrected chi connectivity index (χ1v) is 13.6. The van der Waals surface area contributed by atoms with Crippen LogP contribution in [0, 0.1) is 0 Å². The molecule has 10 nitrogen and oxygen atoms in total. The Morgan fingerprint density at radius 1 is 0.477 bits per heavy atom. The minimum Gasteiger partial charge on any atom is -0.478 e. The summed E-state index contributed by atoms with van der Waals surface area (Å²) < 4.78 is 0. The summed E-state index contributed by atoms with van der Waals surface area (Å²) in [6, 6.07) is 28.5. The van der Waals surface area contributed by atoms with Crippen molar-refractivity contribution in [3.8, 4) is 45.6 Å². The molecule has 0 fully saturated rings. The van der Waals surface area contributed by atoms with Crippen molar-refractivity contribution in [1.29, 1.82) is 0 Å². The van der Waals surface area contributed by atoms with Crippen LogP contribution in [-0.4, -0.2) is 50.9 Å². The first kappa shape index (κ1) is 26.0. The summed E-state index contributed by atoms with van der Waals surface area (Å²) in [4.78, 5) is 48.5. The van der Waals surface area contributed by atoms with Crippen molar-refractivity contribution in [2.75, 3.05) is 0 Å². The fourth-order valence-electron chi connectivity index (χ4n) is 5.87. The van der Waals surface area contributed by atoms with E-state index in [4.69, 9.17) is 29.9 Å². The van der Waals surface area contributed by atoms with Crippen LogP contribution < -0.4 is 0 Å². The first-order chi connectivity index (χ1) is 21.1.